The van der Waals surface area contributed by atoms with Gasteiger partial charge in [-0.15, -0.1) is 0 Å². The number of carboxylic acid groups (broad SMARTS) is 1. The number of carboxylic acids is 1. The van der Waals surface area contributed by atoms with Crippen LogP contribution in [0.4, 0.5) is 5.82 Å². The zero-order chi connectivity index (χ0) is 20.9. The molecule has 0 amide bonds. The molecule has 6 heteroatoms. The summed E-state index contributed by atoms with van der Waals surface area (Å²) in [6, 6.07) is 14.5. The van der Waals surface area contributed by atoms with E-state index in [2.05, 4.69) is 29.2 Å². The van der Waals surface area contributed by atoms with Gasteiger partial charge in [-0.2, -0.15) is 0 Å². The van der Waals surface area contributed by atoms with Gasteiger partial charge in [-0.1, -0.05) is 42.5 Å². The van der Waals surface area contributed by atoms with E-state index in [9.17, 15) is 9.90 Å². The van der Waals surface area contributed by atoms with Crippen molar-refractivity contribution in [1.29, 1.82) is 0 Å². The maximum atomic E-state index is 11.4. The SMILES string of the molecule is COCCCc1cnc(-c2cccc3ccccc23)c(N2CCC(C(=O)O)CC2)n1. The Morgan fingerprint density at radius 1 is 1.17 bits per heavy atom. The topological polar surface area (TPSA) is 75.5 Å². The fourth-order valence-corrected chi connectivity index (χ4v) is 4.11. The Morgan fingerprint density at radius 3 is 2.70 bits per heavy atom. The van der Waals surface area contributed by atoms with E-state index in [-0.39, 0.29) is 5.92 Å². The first-order valence-electron chi connectivity index (χ1n) is 10.5. The van der Waals surface area contributed by atoms with E-state index in [1.54, 1.807) is 7.11 Å². The minimum Gasteiger partial charge on any atom is -0.481 e. The second kappa shape index (κ2) is 9.22. The molecule has 0 aliphatic carbocycles. The Labute approximate surface area is 176 Å². The van der Waals surface area contributed by atoms with Crippen LogP contribution in [0.1, 0.15) is 25.0 Å². The smallest absolute Gasteiger partial charge is 0.306 e. The molecule has 0 unspecified atom stereocenters. The van der Waals surface area contributed by atoms with Gasteiger partial charge in [0.1, 0.15) is 5.69 Å². The molecule has 1 aliphatic rings. The number of piperidine rings is 1. The molecule has 2 aromatic carbocycles. The fourth-order valence-electron chi connectivity index (χ4n) is 4.11. The van der Waals surface area contributed by atoms with E-state index < -0.39 is 5.97 Å². The van der Waals surface area contributed by atoms with Gasteiger partial charge in [0.25, 0.3) is 0 Å². The van der Waals surface area contributed by atoms with Crippen molar-refractivity contribution < 1.29 is 14.6 Å². The van der Waals surface area contributed by atoms with Crippen LogP contribution >= 0.6 is 0 Å². The standard InChI is InChI=1S/C24H27N3O3/c1-30-15-5-8-19-16-25-22(21-10-4-7-17-6-2-3-9-20(17)21)23(26-19)27-13-11-18(12-14-27)24(28)29/h2-4,6-7,9-10,16,18H,5,8,11-15H2,1H3,(H,28,29). The third-order valence-corrected chi connectivity index (χ3v) is 5.77. The van der Waals surface area contributed by atoms with Crippen molar-refractivity contribution in [1.82, 2.24) is 9.97 Å². The van der Waals surface area contributed by atoms with Crippen molar-refractivity contribution in [2.75, 3.05) is 31.7 Å². The normalized spacial score (nSPS) is 14.9. The quantitative estimate of drug-likeness (QED) is 0.595. The van der Waals surface area contributed by atoms with Gasteiger partial charge in [0, 0.05) is 38.6 Å². The molecule has 1 N–H and O–H groups in total. The Kier molecular flexibility index (Phi) is 6.23. The molecule has 0 radical (unpaired) electrons. The molecular weight excluding hydrogens is 378 g/mol. The molecule has 3 aromatic rings. The van der Waals surface area contributed by atoms with Crippen molar-refractivity contribution in [3.63, 3.8) is 0 Å². The third kappa shape index (κ3) is 4.28. The van der Waals surface area contributed by atoms with Crippen molar-refractivity contribution in [2.24, 2.45) is 5.92 Å². The molecule has 1 aliphatic heterocycles. The maximum absolute atomic E-state index is 11.4. The van der Waals surface area contributed by atoms with E-state index in [4.69, 9.17) is 14.7 Å². The summed E-state index contributed by atoms with van der Waals surface area (Å²) in [5.41, 5.74) is 2.85. The number of aryl methyl sites for hydroxylation is 1. The minimum atomic E-state index is -0.705. The first-order chi connectivity index (χ1) is 14.7. The number of ether oxygens (including phenoxy) is 1. The number of benzene rings is 2. The Hall–Kier alpha value is -2.99. The number of rotatable bonds is 7. The lowest BCUT2D eigenvalue weighted by molar-refractivity contribution is -0.142. The highest BCUT2D eigenvalue weighted by molar-refractivity contribution is 5.98. The number of hydrogen-bond acceptors (Lipinski definition) is 5. The molecule has 0 spiro atoms. The van der Waals surface area contributed by atoms with Gasteiger partial charge in [-0.05, 0) is 36.5 Å². The first-order valence-corrected chi connectivity index (χ1v) is 10.5. The summed E-state index contributed by atoms with van der Waals surface area (Å²) in [4.78, 5) is 23.4. The number of carbonyl (C=O) groups is 1. The average molecular weight is 405 g/mol. The van der Waals surface area contributed by atoms with Gasteiger partial charge in [-0.25, -0.2) is 4.98 Å². The molecule has 6 nitrogen and oxygen atoms in total. The predicted molar refractivity (Wildman–Crippen MR) is 118 cm³/mol. The number of aliphatic carboxylic acids is 1. The largest absolute Gasteiger partial charge is 0.481 e. The first kappa shape index (κ1) is 20.3. The number of fused-ring (bicyclic) bond motifs is 1. The second-order valence-electron chi connectivity index (χ2n) is 7.76. The van der Waals surface area contributed by atoms with Crippen molar-refractivity contribution >= 4 is 22.6 Å². The zero-order valence-corrected chi connectivity index (χ0v) is 17.3. The van der Waals surface area contributed by atoms with Crippen molar-refractivity contribution in [2.45, 2.75) is 25.7 Å². The summed E-state index contributed by atoms with van der Waals surface area (Å²) in [5.74, 6) is -0.131. The fraction of sp³-hybridized carbons (Fsp3) is 0.375. The van der Waals surface area contributed by atoms with Crippen LogP contribution in [0.2, 0.25) is 0 Å². The molecule has 30 heavy (non-hydrogen) atoms. The highest BCUT2D eigenvalue weighted by Crippen LogP contribution is 2.34. The van der Waals surface area contributed by atoms with E-state index in [0.717, 1.165) is 46.4 Å². The van der Waals surface area contributed by atoms with E-state index >= 15 is 0 Å². The van der Waals surface area contributed by atoms with Crippen LogP contribution in [-0.4, -0.2) is 47.8 Å². The van der Waals surface area contributed by atoms with E-state index in [0.29, 0.717) is 32.5 Å². The molecule has 156 valence electrons. The van der Waals surface area contributed by atoms with Crippen LogP contribution in [0.5, 0.6) is 0 Å². The number of methoxy groups -OCH3 is 1. The summed E-state index contributed by atoms with van der Waals surface area (Å²) in [6.45, 7) is 2.03. The van der Waals surface area contributed by atoms with Gasteiger partial charge in [0.05, 0.1) is 11.6 Å². The number of anilines is 1. The van der Waals surface area contributed by atoms with Crippen LogP contribution < -0.4 is 4.90 Å². The Balaban J connectivity index is 1.73. The molecule has 1 fully saturated rings. The van der Waals surface area contributed by atoms with Gasteiger partial charge < -0.3 is 14.7 Å². The van der Waals surface area contributed by atoms with Crippen molar-refractivity contribution in [3.8, 4) is 11.3 Å². The van der Waals surface area contributed by atoms with Gasteiger partial charge in [-0.3, -0.25) is 9.78 Å². The molecular formula is C24H27N3O3. The minimum absolute atomic E-state index is 0.278. The number of hydrogen-bond donors (Lipinski definition) is 1. The molecule has 1 aromatic heterocycles. The maximum Gasteiger partial charge on any atom is 0.306 e. The van der Waals surface area contributed by atoms with E-state index in [1.165, 1.54) is 0 Å². The van der Waals surface area contributed by atoms with Gasteiger partial charge in [0.15, 0.2) is 5.82 Å². The summed E-state index contributed by atoms with van der Waals surface area (Å²) in [6.07, 6.45) is 4.80. The summed E-state index contributed by atoms with van der Waals surface area (Å²) in [5, 5.41) is 11.7. The summed E-state index contributed by atoms with van der Waals surface area (Å²) >= 11 is 0. The van der Waals surface area contributed by atoms with Crippen molar-refractivity contribution in [3.05, 3.63) is 54.4 Å². The molecule has 0 atom stereocenters. The highest BCUT2D eigenvalue weighted by Gasteiger charge is 2.27. The van der Waals surface area contributed by atoms with Gasteiger partial charge >= 0.3 is 5.97 Å². The predicted octanol–water partition coefficient (Wildman–Crippen LogP) is 4.18. The lowest BCUT2D eigenvalue weighted by Crippen LogP contribution is -2.37. The molecule has 0 saturated carbocycles. The lowest BCUT2D eigenvalue weighted by atomic mass is 9.96. The highest BCUT2D eigenvalue weighted by atomic mass is 16.5. The molecule has 1 saturated heterocycles. The third-order valence-electron chi connectivity index (χ3n) is 5.77. The lowest BCUT2D eigenvalue weighted by Gasteiger charge is -2.32. The summed E-state index contributed by atoms with van der Waals surface area (Å²) < 4.78 is 5.17. The van der Waals surface area contributed by atoms with Gasteiger partial charge in [0.2, 0.25) is 0 Å². The molecule has 0 bridgehead atoms. The Morgan fingerprint density at radius 2 is 1.93 bits per heavy atom. The van der Waals surface area contributed by atoms with Crippen LogP contribution in [-0.2, 0) is 16.0 Å². The average Bonchev–Trinajstić information content (AvgIpc) is 2.79. The number of aromatic nitrogens is 2. The molecule has 4 rings (SSSR count). The monoisotopic (exact) mass is 405 g/mol. The second-order valence-corrected chi connectivity index (χ2v) is 7.76. The van der Waals surface area contributed by atoms with Crippen LogP contribution in [0.25, 0.3) is 22.0 Å². The van der Waals surface area contributed by atoms with Crippen LogP contribution in [0.3, 0.4) is 0 Å². The molecule has 2 heterocycles. The zero-order valence-electron chi connectivity index (χ0n) is 17.3. The van der Waals surface area contributed by atoms with E-state index in [1.807, 2.05) is 24.4 Å². The van der Waals surface area contributed by atoms with Crippen LogP contribution in [0, 0.1) is 5.92 Å². The van der Waals surface area contributed by atoms with Crippen LogP contribution in [0.15, 0.2) is 48.7 Å². The summed E-state index contributed by atoms with van der Waals surface area (Å²) in [7, 11) is 1.70. The number of nitrogens with zero attached hydrogens (tertiary/aromatic N) is 3. The Bertz CT molecular complexity index is 1020.